The van der Waals surface area contributed by atoms with Crippen molar-refractivity contribution in [3.05, 3.63) is 22.7 Å². The van der Waals surface area contributed by atoms with Gasteiger partial charge in [-0.2, -0.15) is 0 Å². The van der Waals surface area contributed by atoms with Crippen LogP contribution in [0.4, 0.5) is 5.82 Å². The Bertz CT molecular complexity index is 484. The van der Waals surface area contributed by atoms with E-state index in [4.69, 9.17) is 0 Å². The second-order valence-electron chi connectivity index (χ2n) is 6.19. The maximum atomic E-state index is 12.2. The first-order valence-electron chi connectivity index (χ1n) is 7.53. The highest BCUT2D eigenvalue weighted by Crippen LogP contribution is 2.24. The van der Waals surface area contributed by atoms with Crippen molar-refractivity contribution in [3.63, 3.8) is 0 Å². The second-order valence-corrected chi connectivity index (χ2v) is 6.19. The molecule has 2 N–H and O–H groups in total. The number of hydrogen-bond donors (Lipinski definition) is 2. The minimum Gasteiger partial charge on any atom is -0.393 e. The van der Waals surface area contributed by atoms with Crippen LogP contribution >= 0.6 is 0 Å². The summed E-state index contributed by atoms with van der Waals surface area (Å²) in [5.41, 5.74) is -0.0578. The highest BCUT2D eigenvalue weighted by atomic mass is 16.3. The summed E-state index contributed by atoms with van der Waals surface area (Å²) in [6.45, 7) is 5.59. The van der Waals surface area contributed by atoms with E-state index in [2.05, 4.69) is 24.1 Å². The van der Waals surface area contributed by atoms with Crippen LogP contribution in [0.5, 0.6) is 0 Å². The van der Waals surface area contributed by atoms with Gasteiger partial charge in [-0.05, 0) is 31.1 Å². The maximum absolute atomic E-state index is 12.2. The van der Waals surface area contributed by atoms with Crippen molar-refractivity contribution in [2.75, 3.05) is 11.9 Å². The number of aromatic nitrogens is 2. The summed E-state index contributed by atoms with van der Waals surface area (Å²) in [5.74, 6) is 1.28. The summed E-state index contributed by atoms with van der Waals surface area (Å²) >= 11 is 0. The molecule has 0 amide bonds. The normalized spacial score (nSPS) is 23.0. The highest BCUT2D eigenvalue weighted by molar-refractivity contribution is 5.30. The fraction of sp³-hybridized carbons (Fsp3) is 0.733. The van der Waals surface area contributed by atoms with E-state index in [0.717, 1.165) is 25.7 Å². The van der Waals surface area contributed by atoms with Crippen LogP contribution in [0.25, 0.3) is 0 Å². The maximum Gasteiger partial charge on any atom is 0.293 e. The molecule has 1 aromatic heterocycles. The Labute approximate surface area is 120 Å². The standard InChI is InChI=1S/C15H25N3O2/c1-11(2)10-18-7-6-16-14(15(18)20)17-9-12-4-3-5-13(19)8-12/h6-7,11-13,19H,3-5,8-10H2,1-2H3,(H,16,17). The monoisotopic (exact) mass is 279 g/mol. The molecule has 1 saturated carbocycles. The Morgan fingerprint density at radius 1 is 1.50 bits per heavy atom. The van der Waals surface area contributed by atoms with Crippen molar-refractivity contribution in [1.82, 2.24) is 9.55 Å². The fourth-order valence-corrected chi connectivity index (χ4v) is 2.79. The lowest BCUT2D eigenvalue weighted by Crippen LogP contribution is -2.30. The van der Waals surface area contributed by atoms with Crippen LogP contribution in [-0.4, -0.2) is 27.3 Å². The van der Waals surface area contributed by atoms with Gasteiger partial charge in [-0.3, -0.25) is 4.79 Å². The van der Waals surface area contributed by atoms with Crippen LogP contribution in [0.1, 0.15) is 39.5 Å². The lowest BCUT2D eigenvalue weighted by atomic mass is 9.87. The number of aliphatic hydroxyl groups excluding tert-OH is 1. The summed E-state index contributed by atoms with van der Waals surface area (Å²) < 4.78 is 1.70. The van der Waals surface area contributed by atoms with Gasteiger partial charge < -0.3 is 15.0 Å². The number of hydrogen-bond acceptors (Lipinski definition) is 4. The lowest BCUT2D eigenvalue weighted by molar-refractivity contribution is 0.104. The van der Waals surface area contributed by atoms with Gasteiger partial charge in [0.1, 0.15) is 0 Å². The Balaban J connectivity index is 1.97. The first-order chi connectivity index (χ1) is 9.56. The molecule has 1 heterocycles. The average molecular weight is 279 g/mol. The molecule has 2 atom stereocenters. The van der Waals surface area contributed by atoms with Crippen molar-refractivity contribution in [2.24, 2.45) is 11.8 Å². The van der Waals surface area contributed by atoms with Crippen LogP contribution in [0.2, 0.25) is 0 Å². The van der Waals surface area contributed by atoms with Crippen LogP contribution in [0.3, 0.4) is 0 Å². The van der Waals surface area contributed by atoms with E-state index < -0.39 is 0 Å². The molecule has 2 unspecified atom stereocenters. The SMILES string of the molecule is CC(C)Cn1ccnc(NCC2CCCC(O)C2)c1=O. The lowest BCUT2D eigenvalue weighted by Gasteiger charge is -2.26. The zero-order valence-corrected chi connectivity index (χ0v) is 12.4. The summed E-state index contributed by atoms with van der Waals surface area (Å²) in [4.78, 5) is 16.4. The summed E-state index contributed by atoms with van der Waals surface area (Å²) in [5, 5.41) is 12.8. The molecule has 1 aliphatic carbocycles. The molecule has 1 aromatic rings. The van der Waals surface area contributed by atoms with E-state index in [0.29, 0.717) is 30.7 Å². The zero-order valence-electron chi connectivity index (χ0n) is 12.4. The van der Waals surface area contributed by atoms with Gasteiger partial charge >= 0.3 is 0 Å². The molecule has 0 spiro atoms. The van der Waals surface area contributed by atoms with Gasteiger partial charge in [-0.1, -0.05) is 20.3 Å². The van der Waals surface area contributed by atoms with Crippen molar-refractivity contribution in [1.29, 1.82) is 0 Å². The van der Waals surface area contributed by atoms with Gasteiger partial charge in [-0.25, -0.2) is 4.98 Å². The molecular formula is C15H25N3O2. The molecule has 5 nitrogen and oxygen atoms in total. The van der Waals surface area contributed by atoms with E-state index in [-0.39, 0.29) is 11.7 Å². The Morgan fingerprint density at radius 2 is 2.30 bits per heavy atom. The molecule has 0 radical (unpaired) electrons. The van der Waals surface area contributed by atoms with Gasteiger partial charge in [0.15, 0.2) is 5.82 Å². The van der Waals surface area contributed by atoms with Crippen molar-refractivity contribution in [3.8, 4) is 0 Å². The number of aliphatic hydroxyl groups is 1. The summed E-state index contributed by atoms with van der Waals surface area (Å²) in [7, 11) is 0. The number of nitrogens with one attached hydrogen (secondary N) is 1. The first kappa shape index (κ1) is 15.0. The van der Waals surface area contributed by atoms with E-state index in [1.807, 2.05) is 0 Å². The highest BCUT2D eigenvalue weighted by Gasteiger charge is 2.20. The topological polar surface area (TPSA) is 67.2 Å². The van der Waals surface area contributed by atoms with Crippen molar-refractivity contribution < 1.29 is 5.11 Å². The molecule has 5 heteroatoms. The molecule has 0 bridgehead atoms. The predicted octanol–water partition coefficient (Wildman–Crippen LogP) is 1.86. The van der Waals surface area contributed by atoms with Crippen LogP contribution in [-0.2, 0) is 6.54 Å². The number of rotatable bonds is 5. The minimum absolute atomic E-state index is 0.0578. The van der Waals surface area contributed by atoms with E-state index >= 15 is 0 Å². The number of nitrogens with zero attached hydrogens (tertiary/aromatic N) is 2. The summed E-state index contributed by atoms with van der Waals surface area (Å²) in [6.07, 6.45) is 7.11. The Kier molecular flexibility index (Phi) is 5.17. The molecular weight excluding hydrogens is 254 g/mol. The largest absolute Gasteiger partial charge is 0.393 e. The second kappa shape index (κ2) is 6.88. The van der Waals surface area contributed by atoms with Gasteiger partial charge in [0, 0.05) is 25.5 Å². The van der Waals surface area contributed by atoms with Crippen molar-refractivity contribution >= 4 is 5.82 Å². The van der Waals surface area contributed by atoms with Gasteiger partial charge in [-0.15, -0.1) is 0 Å². The number of anilines is 1. The molecule has 0 saturated heterocycles. The Hall–Kier alpha value is -1.36. The third-order valence-electron chi connectivity index (χ3n) is 3.79. The smallest absolute Gasteiger partial charge is 0.293 e. The molecule has 0 aromatic carbocycles. The fourth-order valence-electron chi connectivity index (χ4n) is 2.79. The summed E-state index contributed by atoms with van der Waals surface area (Å²) in [6, 6.07) is 0. The predicted molar refractivity (Wildman–Crippen MR) is 79.8 cm³/mol. The molecule has 1 fully saturated rings. The van der Waals surface area contributed by atoms with Crippen LogP contribution in [0.15, 0.2) is 17.2 Å². The van der Waals surface area contributed by atoms with Gasteiger partial charge in [0.2, 0.25) is 0 Å². The first-order valence-corrected chi connectivity index (χ1v) is 7.53. The quantitative estimate of drug-likeness (QED) is 0.863. The van der Waals surface area contributed by atoms with Crippen molar-refractivity contribution in [2.45, 2.75) is 52.2 Å². The molecule has 2 rings (SSSR count). The van der Waals surface area contributed by atoms with Gasteiger partial charge in [0.05, 0.1) is 6.10 Å². The van der Waals surface area contributed by atoms with Gasteiger partial charge in [0.25, 0.3) is 5.56 Å². The van der Waals surface area contributed by atoms with E-state index in [9.17, 15) is 9.90 Å². The molecule has 112 valence electrons. The average Bonchev–Trinajstić information content (AvgIpc) is 2.39. The molecule has 20 heavy (non-hydrogen) atoms. The van der Waals surface area contributed by atoms with E-state index in [1.165, 1.54) is 0 Å². The van der Waals surface area contributed by atoms with Crippen LogP contribution in [0, 0.1) is 11.8 Å². The minimum atomic E-state index is -0.183. The van der Waals surface area contributed by atoms with Crippen LogP contribution < -0.4 is 10.9 Å². The molecule has 0 aliphatic heterocycles. The third-order valence-corrected chi connectivity index (χ3v) is 3.79. The Morgan fingerprint density at radius 3 is 3.00 bits per heavy atom. The zero-order chi connectivity index (χ0) is 14.5. The van der Waals surface area contributed by atoms with E-state index in [1.54, 1.807) is 17.0 Å². The molecule has 1 aliphatic rings. The third kappa shape index (κ3) is 4.07.